The second-order valence-electron chi connectivity index (χ2n) is 23.7. The Labute approximate surface area is 522 Å². The van der Waals surface area contributed by atoms with Crippen molar-refractivity contribution in [2.45, 2.75) is 180 Å². The van der Waals surface area contributed by atoms with Crippen LogP contribution in [0.1, 0.15) is 160 Å². The SMILES string of the molecule is CC(C)C[C@H](CC(=O)CNC(=O)[C@H](C[Se]c1ccsc1C=O)CC(=O)CNC(=O)CCC(=O)[C@H](Cc1ccccc1)NC(=O)[C@@H](N)CC(C)C)C(=O)N[C@@H](CC(C)C)C(=O)C[C@@H](CCCCN)C(=O)N[C@@H](CC(N)=O)C(=O)C[C@@H](CCCCN)C(N)=O. The number of primary amides is 2. The van der Waals surface area contributed by atoms with Crippen LogP contribution in [0.3, 0.4) is 0 Å². The number of ketones is 5. The average molecular weight is 1300 g/mol. The van der Waals surface area contributed by atoms with E-state index in [0.717, 1.165) is 10.0 Å². The summed E-state index contributed by atoms with van der Waals surface area (Å²) in [7, 11) is 0. The van der Waals surface area contributed by atoms with Crippen LogP contribution < -0.4 is 59.7 Å². The number of amides is 7. The van der Waals surface area contributed by atoms with Crippen molar-refractivity contribution in [1.29, 1.82) is 0 Å². The van der Waals surface area contributed by atoms with Gasteiger partial charge in [-0.05, 0) is 62.6 Å². The third-order valence-corrected chi connectivity index (χ3v) is 18.2. The van der Waals surface area contributed by atoms with E-state index in [2.05, 4.69) is 26.6 Å². The van der Waals surface area contributed by atoms with Gasteiger partial charge in [-0.2, -0.15) is 0 Å². The fraction of sp³-hybridized carbons (Fsp3) is 0.629. The molecule has 15 N–H and O–H groups in total. The normalized spacial score (nSPS) is 14.1. The van der Waals surface area contributed by atoms with Crippen molar-refractivity contribution < 1.29 is 62.3 Å². The number of hydrogen-bond acceptors (Lipinski definition) is 17. The Hall–Kier alpha value is -6.37. The molecule has 2 rings (SSSR count). The molecule has 1 heterocycles. The topological polar surface area (TPSA) is 412 Å². The Kier molecular flexibility index (Phi) is 36.8. The summed E-state index contributed by atoms with van der Waals surface area (Å²) < 4.78 is 0.717. The molecule has 0 aliphatic rings. The molecule has 0 fully saturated rings. The van der Waals surface area contributed by atoms with Crippen LogP contribution in [-0.2, 0) is 64.0 Å². The van der Waals surface area contributed by atoms with Gasteiger partial charge in [0.25, 0.3) is 0 Å². The summed E-state index contributed by atoms with van der Waals surface area (Å²) in [4.78, 5) is 173. The van der Waals surface area contributed by atoms with Crippen LogP contribution in [0.5, 0.6) is 0 Å². The van der Waals surface area contributed by atoms with Gasteiger partial charge in [0.15, 0.2) is 5.78 Å². The van der Waals surface area contributed by atoms with Crippen LogP contribution >= 0.6 is 11.3 Å². The van der Waals surface area contributed by atoms with E-state index in [0.29, 0.717) is 56.4 Å². The van der Waals surface area contributed by atoms with Crippen molar-refractivity contribution in [3.8, 4) is 0 Å². The smallest absolute Gasteiger partial charge is 0.370 e. The number of hydrogen-bond donors (Lipinski definition) is 10. The van der Waals surface area contributed by atoms with Crippen LogP contribution in [0.2, 0.25) is 5.32 Å². The van der Waals surface area contributed by atoms with Crippen LogP contribution in [0, 0.1) is 41.4 Å². The van der Waals surface area contributed by atoms with E-state index in [1.165, 1.54) is 11.3 Å². The summed E-state index contributed by atoms with van der Waals surface area (Å²) in [5.41, 5.74) is 29.3. The summed E-state index contributed by atoms with van der Waals surface area (Å²) in [6.45, 7) is 10.9. The van der Waals surface area contributed by atoms with Gasteiger partial charge in [0, 0.05) is 24.7 Å². The molecule has 2 aromatic rings. The van der Waals surface area contributed by atoms with Gasteiger partial charge in [0.2, 0.25) is 23.6 Å². The minimum absolute atomic E-state index is 0.103. The van der Waals surface area contributed by atoms with Crippen molar-refractivity contribution in [3.63, 3.8) is 0 Å². The first kappa shape index (κ1) is 76.7. The molecule has 87 heavy (non-hydrogen) atoms. The Morgan fingerprint density at radius 2 is 1.09 bits per heavy atom. The number of thiophene rings is 1. The van der Waals surface area contributed by atoms with Gasteiger partial charge in [-0.15, -0.1) is 0 Å². The molecule has 0 unspecified atom stereocenters. The number of unbranched alkanes of at least 4 members (excludes halogenated alkanes) is 2. The van der Waals surface area contributed by atoms with E-state index in [9.17, 15) is 62.3 Å². The molecule has 7 amide bonds. The Morgan fingerprint density at radius 1 is 0.552 bits per heavy atom. The summed E-state index contributed by atoms with van der Waals surface area (Å²) in [6, 6.07) is 6.49. The second-order valence-corrected chi connectivity index (χ2v) is 26.8. The minimum atomic E-state index is -1.41. The molecule has 0 radical (unpaired) electrons. The first-order valence-corrected chi connectivity index (χ1v) is 33.1. The molecule has 1 aromatic carbocycles. The number of nitrogens with two attached hydrogens (primary N) is 5. The summed E-state index contributed by atoms with van der Waals surface area (Å²) >= 11 is 0.759. The van der Waals surface area contributed by atoms with Crippen molar-refractivity contribution in [3.05, 3.63) is 52.2 Å². The van der Waals surface area contributed by atoms with E-state index >= 15 is 0 Å². The molecule has 25 heteroatoms. The van der Waals surface area contributed by atoms with E-state index < -0.39 is 153 Å². The number of rotatable bonds is 48. The van der Waals surface area contributed by atoms with Crippen molar-refractivity contribution >= 4 is 107 Å². The van der Waals surface area contributed by atoms with Crippen LogP contribution in [-0.4, -0.2) is 142 Å². The standard InChI is InChI=1S/C62H96N10O13SSe/c1-37(2)24-43(61(84)70-48(26-39(5)6)53(78)31-42(17-11-13-22-64)60(83)71-50(32-56(66)79)52(77)30-41(58(67)81)16-10-12-21-63)28-45(74)34-69-59(82)44(36-87-55-20-23-86-54(55)35-73)29-46(75)33-68-57(80)19-18-51(76)49(27-40-14-8-7-9-15-40)72-62(85)47(65)25-38(3)4/h7-9,14-15,20,23,35,37-39,41-44,47-50H,10-13,16-19,21-22,24-34,36,63-65H2,1-6H3,(H2,66,79)(H2,67,81)(H,68,80)(H,69,82)(H,70,84)(H,71,83)(H,72,85)/t41-,42-,43-,44+,47+,48+,49+,50+/m1/s1. The Balaban J connectivity index is 2.23. The minimum Gasteiger partial charge on any atom is -0.370 e. The van der Waals surface area contributed by atoms with Gasteiger partial charge in [-0.1, -0.05) is 70.9 Å². The Bertz CT molecular complexity index is 2600. The first-order chi connectivity index (χ1) is 41.2. The van der Waals surface area contributed by atoms with Crippen LogP contribution in [0.15, 0.2) is 41.8 Å². The van der Waals surface area contributed by atoms with Crippen LogP contribution in [0.4, 0.5) is 0 Å². The maximum absolute atomic E-state index is 14.3. The molecule has 8 atom stereocenters. The maximum atomic E-state index is 14.3. The second kappa shape index (κ2) is 41.7. The van der Waals surface area contributed by atoms with E-state index in [4.69, 9.17) is 28.7 Å². The van der Waals surface area contributed by atoms with Gasteiger partial charge >= 0.3 is 256 Å². The molecule has 23 nitrogen and oxygen atoms in total. The first-order valence-electron chi connectivity index (χ1n) is 30.2. The predicted molar refractivity (Wildman–Crippen MR) is 334 cm³/mol. The molecule has 0 bridgehead atoms. The fourth-order valence-corrected chi connectivity index (χ4v) is 13.3. The van der Waals surface area contributed by atoms with Gasteiger partial charge in [-0.3, -0.25) is 28.8 Å². The molecule has 0 aliphatic carbocycles. The third-order valence-electron chi connectivity index (χ3n) is 14.4. The molecule has 1 aromatic heterocycles. The fourth-order valence-electron chi connectivity index (χ4n) is 9.77. The predicted octanol–water partition coefficient (Wildman–Crippen LogP) is 1.97. The zero-order chi connectivity index (χ0) is 65.2. The van der Waals surface area contributed by atoms with Crippen molar-refractivity contribution in [2.24, 2.45) is 70.1 Å². The summed E-state index contributed by atoms with van der Waals surface area (Å²) in [6.07, 6.45) is 1.60. The van der Waals surface area contributed by atoms with E-state index in [-0.39, 0.29) is 93.7 Å². The number of benzene rings is 1. The van der Waals surface area contributed by atoms with Gasteiger partial charge in [-0.25, -0.2) is 0 Å². The summed E-state index contributed by atoms with van der Waals surface area (Å²) in [5.74, 6) is -11.2. The summed E-state index contributed by atoms with van der Waals surface area (Å²) in [5, 5.41) is 15.2. The van der Waals surface area contributed by atoms with Gasteiger partial charge in [0.1, 0.15) is 0 Å². The molecule has 0 saturated heterocycles. The monoisotopic (exact) mass is 1300 g/mol. The average Bonchev–Trinajstić information content (AvgIpc) is 4.07. The van der Waals surface area contributed by atoms with Crippen LogP contribution in [0.25, 0.3) is 0 Å². The number of nitrogens with one attached hydrogen (secondary N) is 5. The zero-order valence-electron chi connectivity index (χ0n) is 51.5. The Morgan fingerprint density at radius 3 is 1.67 bits per heavy atom. The van der Waals surface area contributed by atoms with Crippen molar-refractivity contribution in [1.82, 2.24) is 26.6 Å². The van der Waals surface area contributed by atoms with E-state index in [1.54, 1.807) is 23.6 Å². The van der Waals surface area contributed by atoms with Crippen molar-refractivity contribution in [2.75, 3.05) is 26.2 Å². The molecular weight excluding hydrogens is 1200 g/mol. The van der Waals surface area contributed by atoms with Gasteiger partial charge < -0.3 is 34.0 Å². The molecule has 0 spiro atoms. The number of carbonyl (C=O) groups excluding carboxylic acids is 13. The quantitative estimate of drug-likeness (QED) is 0.0257. The zero-order valence-corrected chi connectivity index (χ0v) is 54.1. The molecule has 0 saturated carbocycles. The third kappa shape index (κ3) is 31.4. The number of carbonyl (C=O) groups is 13. The molecular formula is C62H96N10O13SSe. The molecule has 0 aliphatic heterocycles. The number of Topliss-reactive ketones (excluding diaryl/α,β-unsaturated/α-hetero) is 5. The van der Waals surface area contributed by atoms with E-state index in [1.807, 2.05) is 59.7 Å². The van der Waals surface area contributed by atoms with Gasteiger partial charge in [0.05, 0.1) is 18.5 Å². The molecule has 484 valence electrons. The number of aldehydes is 1.